The second kappa shape index (κ2) is 4.92. The van der Waals surface area contributed by atoms with Gasteiger partial charge in [0.2, 0.25) is 0 Å². The molecule has 1 aromatic carbocycles. The van der Waals surface area contributed by atoms with Crippen molar-refractivity contribution in [3.05, 3.63) is 52.8 Å². The molecule has 0 saturated carbocycles. The standard InChI is InChI=1S/C16H18N2O/c1-18-15-10-6-5-9-13(15)14(11-16(18)19)17-12-7-3-2-4-8-12/h2-3,5-6,9-12,17H,4,7-8H2,1H3. The van der Waals surface area contributed by atoms with Crippen molar-refractivity contribution >= 4 is 16.6 Å². The van der Waals surface area contributed by atoms with Crippen molar-refractivity contribution in [3.63, 3.8) is 0 Å². The summed E-state index contributed by atoms with van der Waals surface area (Å²) >= 11 is 0. The minimum atomic E-state index is 0.0348. The minimum Gasteiger partial charge on any atom is -0.381 e. The third kappa shape index (κ3) is 2.28. The van der Waals surface area contributed by atoms with Crippen molar-refractivity contribution in [2.75, 3.05) is 5.32 Å². The molecular formula is C16H18N2O. The Morgan fingerprint density at radius 1 is 1.26 bits per heavy atom. The van der Waals surface area contributed by atoms with Crippen LogP contribution in [0.25, 0.3) is 10.9 Å². The van der Waals surface area contributed by atoms with E-state index in [4.69, 9.17) is 0 Å². The summed E-state index contributed by atoms with van der Waals surface area (Å²) in [7, 11) is 1.82. The van der Waals surface area contributed by atoms with Gasteiger partial charge >= 0.3 is 0 Å². The van der Waals surface area contributed by atoms with Crippen LogP contribution in [0.3, 0.4) is 0 Å². The molecule has 0 radical (unpaired) electrons. The number of pyridine rings is 1. The Morgan fingerprint density at radius 2 is 2.11 bits per heavy atom. The zero-order valence-corrected chi connectivity index (χ0v) is 11.1. The van der Waals surface area contributed by atoms with E-state index in [1.807, 2.05) is 25.2 Å². The molecule has 1 atom stereocenters. The molecule has 1 aromatic heterocycles. The molecule has 2 aromatic rings. The zero-order valence-electron chi connectivity index (χ0n) is 11.1. The van der Waals surface area contributed by atoms with Crippen molar-refractivity contribution in [2.24, 2.45) is 7.05 Å². The highest BCUT2D eigenvalue weighted by atomic mass is 16.1. The van der Waals surface area contributed by atoms with E-state index in [1.165, 1.54) is 0 Å². The predicted octanol–water partition coefficient (Wildman–Crippen LogP) is 3.06. The van der Waals surface area contributed by atoms with Crippen LogP contribution in [-0.2, 0) is 7.05 Å². The van der Waals surface area contributed by atoms with Gasteiger partial charge in [0, 0.05) is 30.2 Å². The first-order valence-corrected chi connectivity index (χ1v) is 6.76. The third-order valence-electron chi connectivity index (χ3n) is 3.78. The Labute approximate surface area is 112 Å². The van der Waals surface area contributed by atoms with Crippen molar-refractivity contribution in [1.29, 1.82) is 0 Å². The average molecular weight is 254 g/mol. The Hall–Kier alpha value is -2.03. The van der Waals surface area contributed by atoms with Gasteiger partial charge in [-0.15, -0.1) is 0 Å². The second-order valence-corrected chi connectivity index (χ2v) is 5.10. The molecular weight excluding hydrogens is 236 g/mol. The topological polar surface area (TPSA) is 34.0 Å². The number of nitrogens with zero attached hydrogens (tertiary/aromatic N) is 1. The predicted molar refractivity (Wildman–Crippen MR) is 79.6 cm³/mol. The summed E-state index contributed by atoms with van der Waals surface area (Å²) in [6, 6.07) is 10.2. The second-order valence-electron chi connectivity index (χ2n) is 5.10. The first-order chi connectivity index (χ1) is 9.25. The minimum absolute atomic E-state index is 0.0348. The summed E-state index contributed by atoms with van der Waals surface area (Å²) in [6.45, 7) is 0. The molecule has 3 rings (SSSR count). The number of allylic oxidation sites excluding steroid dienone is 1. The summed E-state index contributed by atoms with van der Waals surface area (Å²) in [5.41, 5.74) is 1.97. The number of fused-ring (bicyclic) bond motifs is 1. The average Bonchev–Trinajstić information content (AvgIpc) is 2.46. The normalized spacial score (nSPS) is 18.7. The lowest BCUT2D eigenvalue weighted by Crippen LogP contribution is -2.23. The number of aryl methyl sites for hydroxylation is 1. The van der Waals surface area contributed by atoms with Crippen molar-refractivity contribution in [3.8, 4) is 0 Å². The number of benzene rings is 1. The van der Waals surface area contributed by atoms with Crippen LogP contribution in [-0.4, -0.2) is 10.6 Å². The number of para-hydroxylation sites is 1. The van der Waals surface area contributed by atoms with E-state index in [-0.39, 0.29) is 5.56 Å². The third-order valence-corrected chi connectivity index (χ3v) is 3.78. The SMILES string of the molecule is Cn1c(=O)cc(NC2CC=CCC2)c2ccccc21. The molecule has 1 N–H and O–H groups in total. The van der Waals surface area contributed by atoms with E-state index in [2.05, 4.69) is 23.5 Å². The van der Waals surface area contributed by atoms with Crippen LogP contribution in [0.5, 0.6) is 0 Å². The zero-order chi connectivity index (χ0) is 13.2. The Bertz CT molecular complexity index is 685. The van der Waals surface area contributed by atoms with Crippen LogP contribution in [0.1, 0.15) is 19.3 Å². The molecule has 0 amide bonds. The first-order valence-electron chi connectivity index (χ1n) is 6.76. The van der Waals surface area contributed by atoms with Gasteiger partial charge in [0.25, 0.3) is 5.56 Å². The lowest BCUT2D eigenvalue weighted by atomic mass is 10.0. The number of anilines is 1. The smallest absolute Gasteiger partial charge is 0.252 e. The maximum absolute atomic E-state index is 12.0. The van der Waals surface area contributed by atoms with Crippen LogP contribution < -0.4 is 10.9 Å². The molecule has 3 heteroatoms. The monoisotopic (exact) mass is 254 g/mol. The van der Waals surface area contributed by atoms with Gasteiger partial charge in [-0.1, -0.05) is 30.4 Å². The van der Waals surface area contributed by atoms with Crippen LogP contribution in [0.2, 0.25) is 0 Å². The molecule has 0 fully saturated rings. The van der Waals surface area contributed by atoms with Crippen LogP contribution in [0, 0.1) is 0 Å². The largest absolute Gasteiger partial charge is 0.381 e. The molecule has 1 aliphatic rings. The molecule has 19 heavy (non-hydrogen) atoms. The maximum Gasteiger partial charge on any atom is 0.252 e. The van der Waals surface area contributed by atoms with E-state index < -0.39 is 0 Å². The van der Waals surface area contributed by atoms with Crippen molar-refractivity contribution in [1.82, 2.24) is 4.57 Å². The number of rotatable bonds is 2. The number of aromatic nitrogens is 1. The van der Waals surface area contributed by atoms with Crippen LogP contribution in [0.15, 0.2) is 47.3 Å². The van der Waals surface area contributed by atoms with E-state index >= 15 is 0 Å². The van der Waals surface area contributed by atoms with Gasteiger partial charge in [-0.05, 0) is 25.3 Å². The highest BCUT2D eigenvalue weighted by molar-refractivity contribution is 5.91. The van der Waals surface area contributed by atoms with Crippen molar-refractivity contribution < 1.29 is 0 Å². The van der Waals surface area contributed by atoms with Gasteiger partial charge in [0.1, 0.15) is 0 Å². The van der Waals surface area contributed by atoms with E-state index in [0.29, 0.717) is 6.04 Å². The summed E-state index contributed by atoms with van der Waals surface area (Å²) < 4.78 is 1.70. The Morgan fingerprint density at radius 3 is 2.89 bits per heavy atom. The van der Waals surface area contributed by atoms with E-state index in [9.17, 15) is 4.79 Å². The van der Waals surface area contributed by atoms with Crippen LogP contribution in [0.4, 0.5) is 5.69 Å². The van der Waals surface area contributed by atoms with Gasteiger partial charge in [-0.25, -0.2) is 0 Å². The fraction of sp³-hybridized carbons (Fsp3) is 0.312. The number of nitrogens with one attached hydrogen (secondary N) is 1. The molecule has 98 valence electrons. The lowest BCUT2D eigenvalue weighted by Gasteiger charge is -2.22. The van der Waals surface area contributed by atoms with E-state index in [1.54, 1.807) is 10.6 Å². The molecule has 0 aliphatic heterocycles. The van der Waals surface area contributed by atoms with Gasteiger partial charge in [0.05, 0.1) is 5.52 Å². The summed E-state index contributed by atoms with van der Waals surface area (Å²) in [4.78, 5) is 12.0. The van der Waals surface area contributed by atoms with Crippen LogP contribution >= 0.6 is 0 Å². The van der Waals surface area contributed by atoms with Gasteiger partial charge in [-0.3, -0.25) is 4.79 Å². The summed E-state index contributed by atoms with van der Waals surface area (Å²) in [5.74, 6) is 0. The van der Waals surface area contributed by atoms with Gasteiger partial charge in [-0.2, -0.15) is 0 Å². The molecule has 0 saturated heterocycles. The molecule has 3 nitrogen and oxygen atoms in total. The molecule has 1 heterocycles. The summed E-state index contributed by atoms with van der Waals surface area (Å²) in [5, 5.41) is 4.64. The van der Waals surface area contributed by atoms with E-state index in [0.717, 1.165) is 35.9 Å². The maximum atomic E-state index is 12.0. The molecule has 0 spiro atoms. The lowest BCUT2D eigenvalue weighted by molar-refractivity contribution is 0.645. The van der Waals surface area contributed by atoms with Crippen molar-refractivity contribution in [2.45, 2.75) is 25.3 Å². The molecule has 1 aliphatic carbocycles. The van der Waals surface area contributed by atoms with Gasteiger partial charge in [0.15, 0.2) is 0 Å². The van der Waals surface area contributed by atoms with Gasteiger partial charge < -0.3 is 9.88 Å². The Kier molecular flexibility index (Phi) is 3.11. The number of hydrogen-bond acceptors (Lipinski definition) is 2. The summed E-state index contributed by atoms with van der Waals surface area (Å²) in [6.07, 6.45) is 7.70. The molecule has 1 unspecified atom stereocenters. The highest BCUT2D eigenvalue weighted by Gasteiger charge is 2.12. The molecule has 0 bridgehead atoms. The Balaban J connectivity index is 2.05. The quantitative estimate of drug-likeness (QED) is 0.836. The highest BCUT2D eigenvalue weighted by Crippen LogP contribution is 2.24. The number of hydrogen-bond donors (Lipinski definition) is 1. The fourth-order valence-corrected chi connectivity index (χ4v) is 2.67. The first kappa shape index (κ1) is 12.0. The fourth-order valence-electron chi connectivity index (χ4n) is 2.67.